The van der Waals surface area contributed by atoms with Gasteiger partial charge in [0.2, 0.25) is 0 Å². The normalized spacial score (nSPS) is 25.4. The highest BCUT2D eigenvalue weighted by Gasteiger charge is 2.40. The van der Waals surface area contributed by atoms with Gasteiger partial charge in [-0.25, -0.2) is 0 Å². The van der Waals surface area contributed by atoms with Crippen molar-refractivity contribution >= 4 is 0 Å². The van der Waals surface area contributed by atoms with Gasteiger partial charge in [-0.1, -0.05) is 13.3 Å². The SMILES string of the molecule is CCCC[N+]1(C2CCCC2)CCCC1.[OH-]. The van der Waals surface area contributed by atoms with Crippen molar-refractivity contribution in [3.63, 3.8) is 0 Å². The fourth-order valence-electron chi connectivity index (χ4n) is 3.66. The summed E-state index contributed by atoms with van der Waals surface area (Å²) >= 11 is 0. The van der Waals surface area contributed by atoms with Gasteiger partial charge in [0.15, 0.2) is 0 Å². The van der Waals surface area contributed by atoms with Crippen LogP contribution in [0.15, 0.2) is 0 Å². The van der Waals surface area contributed by atoms with Crippen LogP contribution >= 0.6 is 0 Å². The van der Waals surface area contributed by atoms with Crippen molar-refractivity contribution in [3.8, 4) is 0 Å². The molecular formula is C13H27NO. The third-order valence-electron chi connectivity index (χ3n) is 4.51. The standard InChI is InChI=1S/C13H26N.H2O/c1-2-3-10-14(11-6-7-12-14)13-8-4-5-9-13;/h13H,2-12H2,1H3;1H2/q+1;/p-1. The third kappa shape index (κ3) is 2.73. The van der Waals surface area contributed by atoms with Crippen LogP contribution in [0.5, 0.6) is 0 Å². The molecule has 1 heterocycles. The molecule has 0 aromatic rings. The van der Waals surface area contributed by atoms with E-state index in [1.54, 1.807) is 0 Å². The lowest BCUT2D eigenvalue weighted by atomic mass is 10.1. The fourth-order valence-corrected chi connectivity index (χ4v) is 3.66. The average Bonchev–Trinajstić information content (AvgIpc) is 2.86. The highest BCUT2D eigenvalue weighted by Crippen LogP contribution is 2.34. The van der Waals surface area contributed by atoms with Crippen molar-refractivity contribution in [2.75, 3.05) is 19.6 Å². The molecular weight excluding hydrogens is 186 g/mol. The summed E-state index contributed by atoms with van der Waals surface area (Å²) in [6, 6.07) is 1.06. The summed E-state index contributed by atoms with van der Waals surface area (Å²) < 4.78 is 1.52. The van der Waals surface area contributed by atoms with Gasteiger partial charge in [0.05, 0.1) is 25.7 Å². The first-order valence-corrected chi connectivity index (χ1v) is 6.73. The Labute approximate surface area is 94.6 Å². The quantitative estimate of drug-likeness (QED) is 0.660. The zero-order chi connectivity index (χ0) is 9.86. The molecule has 0 spiro atoms. The zero-order valence-electron chi connectivity index (χ0n) is 10.2. The Bertz CT molecular complexity index is 169. The van der Waals surface area contributed by atoms with Crippen LogP contribution in [0.4, 0.5) is 0 Å². The van der Waals surface area contributed by atoms with Crippen molar-refractivity contribution in [2.24, 2.45) is 0 Å². The van der Waals surface area contributed by atoms with Gasteiger partial charge in [-0.2, -0.15) is 0 Å². The van der Waals surface area contributed by atoms with E-state index in [1.165, 1.54) is 75.5 Å². The van der Waals surface area contributed by atoms with Gasteiger partial charge in [0, 0.05) is 12.8 Å². The maximum Gasteiger partial charge on any atom is 0.0890 e. The van der Waals surface area contributed by atoms with Crippen LogP contribution in [0.2, 0.25) is 0 Å². The third-order valence-corrected chi connectivity index (χ3v) is 4.51. The van der Waals surface area contributed by atoms with E-state index in [0.29, 0.717) is 0 Å². The summed E-state index contributed by atoms with van der Waals surface area (Å²) in [6.45, 7) is 6.83. The molecule has 15 heavy (non-hydrogen) atoms. The molecule has 1 saturated carbocycles. The molecule has 1 N–H and O–H groups in total. The molecule has 2 fully saturated rings. The summed E-state index contributed by atoms with van der Waals surface area (Å²) in [5, 5.41) is 0. The monoisotopic (exact) mass is 213 g/mol. The predicted molar refractivity (Wildman–Crippen MR) is 63.2 cm³/mol. The number of hydrogen-bond donors (Lipinski definition) is 0. The van der Waals surface area contributed by atoms with E-state index in [2.05, 4.69) is 6.92 Å². The van der Waals surface area contributed by atoms with Gasteiger partial charge in [-0.15, -0.1) is 0 Å². The first-order chi connectivity index (χ1) is 6.87. The second kappa shape index (κ2) is 5.86. The number of rotatable bonds is 4. The Kier molecular flexibility index (Phi) is 5.07. The van der Waals surface area contributed by atoms with Gasteiger partial charge in [-0.3, -0.25) is 0 Å². The summed E-state index contributed by atoms with van der Waals surface area (Å²) in [4.78, 5) is 0. The Morgan fingerprint density at radius 2 is 1.60 bits per heavy atom. The molecule has 0 bridgehead atoms. The van der Waals surface area contributed by atoms with Crippen LogP contribution in [0.25, 0.3) is 0 Å². The minimum atomic E-state index is 0. The van der Waals surface area contributed by atoms with Crippen LogP contribution in [0.1, 0.15) is 58.3 Å². The number of quaternary nitrogens is 1. The molecule has 0 aromatic heterocycles. The molecule has 0 atom stereocenters. The minimum Gasteiger partial charge on any atom is -0.870 e. The summed E-state index contributed by atoms with van der Waals surface area (Å²) in [6.07, 6.45) is 11.9. The number of likely N-dealkylation sites (tertiary alicyclic amines) is 1. The van der Waals surface area contributed by atoms with E-state index in [-0.39, 0.29) is 5.48 Å². The summed E-state index contributed by atoms with van der Waals surface area (Å²) in [5.74, 6) is 0. The molecule has 0 amide bonds. The lowest BCUT2D eigenvalue weighted by Crippen LogP contribution is -2.52. The van der Waals surface area contributed by atoms with Gasteiger partial charge in [-0.05, 0) is 32.1 Å². The van der Waals surface area contributed by atoms with Crippen molar-refractivity contribution in [2.45, 2.75) is 64.3 Å². The predicted octanol–water partition coefficient (Wildman–Crippen LogP) is 3.16. The lowest BCUT2D eigenvalue weighted by Gasteiger charge is -2.40. The van der Waals surface area contributed by atoms with Crippen molar-refractivity contribution in [3.05, 3.63) is 0 Å². The molecule has 2 nitrogen and oxygen atoms in total. The number of hydrogen-bond acceptors (Lipinski definition) is 1. The second-order valence-corrected chi connectivity index (χ2v) is 5.39. The maximum atomic E-state index is 2.33. The average molecular weight is 213 g/mol. The lowest BCUT2D eigenvalue weighted by molar-refractivity contribution is -0.940. The summed E-state index contributed by atoms with van der Waals surface area (Å²) in [5.41, 5.74) is 0. The van der Waals surface area contributed by atoms with Crippen LogP contribution in [0, 0.1) is 0 Å². The summed E-state index contributed by atoms with van der Waals surface area (Å²) in [7, 11) is 0. The molecule has 1 saturated heterocycles. The Morgan fingerprint density at radius 1 is 1.00 bits per heavy atom. The van der Waals surface area contributed by atoms with E-state index >= 15 is 0 Å². The molecule has 0 unspecified atom stereocenters. The van der Waals surface area contributed by atoms with Crippen LogP contribution in [0.3, 0.4) is 0 Å². The highest BCUT2D eigenvalue weighted by molar-refractivity contribution is 4.72. The molecule has 2 heteroatoms. The van der Waals surface area contributed by atoms with Gasteiger partial charge >= 0.3 is 0 Å². The second-order valence-electron chi connectivity index (χ2n) is 5.39. The Balaban J connectivity index is 0.00000112. The molecule has 2 rings (SSSR count). The Hall–Kier alpha value is -0.0800. The highest BCUT2D eigenvalue weighted by atomic mass is 16.0. The van der Waals surface area contributed by atoms with Crippen LogP contribution in [-0.2, 0) is 0 Å². The van der Waals surface area contributed by atoms with Crippen molar-refractivity contribution < 1.29 is 9.96 Å². The minimum absolute atomic E-state index is 0. The van der Waals surface area contributed by atoms with E-state index < -0.39 is 0 Å². The van der Waals surface area contributed by atoms with E-state index in [1.807, 2.05) is 0 Å². The largest absolute Gasteiger partial charge is 0.870 e. The first-order valence-electron chi connectivity index (χ1n) is 6.73. The van der Waals surface area contributed by atoms with Crippen LogP contribution in [-0.4, -0.2) is 35.6 Å². The zero-order valence-corrected chi connectivity index (χ0v) is 10.2. The molecule has 2 aliphatic rings. The van der Waals surface area contributed by atoms with Gasteiger partial charge in [0.1, 0.15) is 0 Å². The molecule has 1 aliphatic heterocycles. The molecule has 1 aliphatic carbocycles. The maximum absolute atomic E-state index is 2.33. The molecule has 90 valence electrons. The number of nitrogens with zero attached hydrogens (tertiary/aromatic N) is 1. The Morgan fingerprint density at radius 3 is 2.13 bits per heavy atom. The van der Waals surface area contributed by atoms with E-state index in [4.69, 9.17) is 0 Å². The van der Waals surface area contributed by atoms with Gasteiger partial charge < -0.3 is 9.96 Å². The van der Waals surface area contributed by atoms with E-state index in [9.17, 15) is 0 Å². The van der Waals surface area contributed by atoms with Crippen LogP contribution < -0.4 is 0 Å². The van der Waals surface area contributed by atoms with Gasteiger partial charge in [0.25, 0.3) is 0 Å². The topological polar surface area (TPSA) is 30.0 Å². The first kappa shape index (κ1) is 13.0. The molecule has 0 aromatic carbocycles. The van der Waals surface area contributed by atoms with Crippen molar-refractivity contribution in [1.29, 1.82) is 0 Å². The smallest absolute Gasteiger partial charge is 0.0890 e. The molecule has 0 radical (unpaired) electrons. The van der Waals surface area contributed by atoms with Crippen molar-refractivity contribution in [1.82, 2.24) is 0 Å². The number of unbranched alkanes of at least 4 members (excludes halogenated alkanes) is 1. The fraction of sp³-hybridized carbons (Fsp3) is 1.00. The van der Waals surface area contributed by atoms with E-state index in [0.717, 1.165) is 6.04 Å².